The van der Waals surface area contributed by atoms with E-state index in [0.717, 1.165) is 5.56 Å². The van der Waals surface area contributed by atoms with Crippen molar-refractivity contribution in [2.24, 2.45) is 0 Å². The maximum Gasteiger partial charge on any atom is 0.306 e. The number of halogens is 1. The van der Waals surface area contributed by atoms with Crippen molar-refractivity contribution in [1.82, 2.24) is 0 Å². The molecule has 0 fully saturated rings. The highest BCUT2D eigenvalue weighted by atomic mass is 32.1. The first kappa shape index (κ1) is 16.2. The number of carbonyl (C=O) groups excluding carboxylic acids is 2. The zero-order valence-electron chi connectivity index (χ0n) is 12.0. The Labute approximate surface area is 131 Å². The molecule has 0 aliphatic heterocycles. The molecule has 1 N–H and O–H groups in total. The van der Waals surface area contributed by atoms with Gasteiger partial charge in [0.15, 0.2) is 6.10 Å². The largest absolute Gasteiger partial charge is 0.453 e. The van der Waals surface area contributed by atoms with Gasteiger partial charge in [-0.25, -0.2) is 4.39 Å². The van der Waals surface area contributed by atoms with Crippen LogP contribution in [-0.4, -0.2) is 18.0 Å². The van der Waals surface area contributed by atoms with Gasteiger partial charge in [-0.3, -0.25) is 9.59 Å². The van der Waals surface area contributed by atoms with Gasteiger partial charge in [0.1, 0.15) is 5.82 Å². The summed E-state index contributed by atoms with van der Waals surface area (Å²) in [6, 6.07) is 7.47. The number of esters is 1. The number of hydrogen-bond acceptors (Lipinski definition) is 4. The number of thiophene rings is 1. The molecule has 1 aromatic heterocycles. The lowest BCUT2D eigenvalue weighted by molar-refractivity contribution is -0.153. The maximum atomic E-state index is 13.0. The second-order valence-electron chi connectivity index (χ2n) is 4.76. The van der Waals surface area contributed by atoms with Crippen molar-refractivity contribution >= 4 is 28.9 Å². The molecule has 116 valence electrons. The fourth-order valence-corrected chi connectivity index (χ4v) is 2.50. The molecular weight excluding hydrogens is 305 g/mol. The van der Waals surface area contributed by atoms with Gasteiger partial charge < -0.3 is 10.1 Å². The lowest BCUT2D eigenvalue weighted by Crippen LogP contribution is -2.30. The summed E-state index contributed by atoms with van der Waals surface area (Å²) in [5.41, 5.74) is 1.39. The fourth-order valence-electron chi connectivity index (χ4n) is 1.80. The SMILES string of the molecule is C[C@@H](OC(=O)CCc1ccsc1)C(=O)Nc1cccc(F)c1. The Bertz CT molecular complexity index is 643. The van der Waals surface area contributed by atoms with Crippen LogP contribution in [0.4, 0.5) is 10.1 Å². The van der Waals surface area contributed by atoms with Crippen LogP contribution >= 0.6 is 11.3 Å². The quantitative estimate of drug-likeness (QED) is 0.830. The number of anilines is 1. The first-order valence-corrected chi connectivity index (χ1v) is 7.76. The lowest BCUT2D eigenvalue weighted by Gasteiger charge is -2.13. The summed E-state index contributed by atoms with van der Waals surface area (Å²) in [4.78, 5) is 23.6. The molecule has 2 rings (SSSR count). The van der Waals surface area contributed by atoms with Crippen molar-refractivity contribution in [2.75, 3.05) is 5.32 Å². The summed E-state index contributed by atoms with van der Waals surface area (Å²) in [6.07, 6.45) is -0.132. The zero-order valence-corrected chi connectivity index (χ0v) is 12.9. The topological polar surface area (TPSA) is 55.4 Å². The summed E-state index contributed by atoms with van der Waals surface area (Å²) in [7, 11) is 0. The van der Waals surface area contributed by atoms with Crippen LogP contribution in [0.25, 0.3) is 0 Å². The normalized spacial score (nSPS) is 11.7. The summed E-state index contributed by atoms with van der Waals surface area (Å²) >= 11 is 1.57. The predicted octanol–water partition coefficient (Wildman–Crippen LogP) is 3.39. The van der Waals surface area contributed by atoms with E-state index in [2.05, 4.69) is 5.32 Å². The smallest absolute Gasteiger partial charge is 0.306 e. The van der Waals surface area contributed by atoms with Gasteiger partial charge in [0.05, 0.1) is 0 Å². The Kier molecular flexibility index (Phi) is 5.66. The Hall–Kier alpha value is -2.21. The average molecular weight is 321 g/mol. The number of rotatable bonds is 6. The van der Waals surface area contributed by atoms with E-state index in [1.807, 2.05) is 16.8 Å². The number of amides is 1. The van der Waals surface area contributed by atoms with Gasteiger partial charge in [-0.05, 0) is 53.9 Å². The minimum atomic E-state index is -0.932. The van der Waals surface area contributed by atoms with Gasteiger partial charge in [-0.1, -0.05) is 6.07 Å². The van der Waals surface area contributed by atoms with Crippen LogP contribution < -0.4 is 5.32 Å². The van der Waals surface area contributed by atoms with Crippen molar-refractivity contribution in [2.45, 2.75) is 25.9 Å². The van der Waals surface area contributed by atoms with E-state index in [1.54, 1.807) is 17.4 Å². The zero-order chi connectivity index (χ0) is 15.9. The number of hydrogen-bond donors (Lipinski definition) is 1. The minimum absolute atomic E-state index is 0.217. The molecule has 0 saturated heterocycles. The molecule has 0 unspecified atom stereocenters. The molecule has 2 aromatic rings. The number of carbonyl (C=O) groups is 2. The van der Waals surface area contributed by atoms with Crippen molar-refractivity contribution < 1.29 is 18.7 Å². The van der Waals surface area contributed by atoms with Crippen LogP contribution in [0.3, 0.4) is 0 Å². The van der Waals surface area contributed by atoms with E-state index in [0.29, 0.717) is 12.1 Å². The maximum absolute atomic E-state index is 13.0. The van der Waals surface area contributed by atoms with Crippen LogP contribution in [0.15, 0.2) is 41.1 Å². The third-order valence-corrected chi connectivity index (χ3v) is 3.70. The van der Waals surface area contributed by atoms with E-state index < -0.39 is 23.8 Å². The second-order valence-corrected chi connectivity index (χ2v) is 5.54. The minimum Gasteiger partial charge on any atom is -0.453 e. The summed E-state index contributed by atoms with van der Waals surface area (Å²) in [5.74, 6) is -1.37. The molecule has 1 atom stereocenters. The highest BCUT2D eigenvalue weighted by Gasteiger charge is 2.18. The molecule has 0 saturated carbocycles. The molecule has 6 heteroatoms. The van der Waals surface area contributed by atoms with Crippen LogP contribution in [0.5, 0.6) is 0 Å². The Morgan fingerprint density at radius 1 is 1.36 bits per heavy atom. The molecule has 22 heavy (non-hydrogen) atoms. The van der Waals surface area contributed by atoms with Gasteiger partial charge in [0.2, 0.25) is 0 Å². The first-order valence-electron chi connectivity index (χ1n) is 6.81. The van der Waals surface area contributed by atoms with Crippen LogP contribution in [0.1, 0.15) is 18.9 Å². The average Bonchev–Trinajstić information content (AvgIpc) is 2.98. The Morgan fingerprint density at radius 2 is 2.18 bits per heavy atom. The Balaban J connectivity index is 1.79. The van der Waals surface area contributed by atoms with E-state index in [9.17, 15) is 14.0 Å². The second kappa shape index (κ2) is 7.70. The predicted molar refractivity (Wildman–Crippen MR) is 83.2 cm³/mol. The monoisotopic (exact) mass is 321 g/mol. The van der Waals surface area contributed by atoms with Crippen molar-refractivity contribution in [3.05, 3.63) is 52.5 Å². The highest BCUT2D eigenvalue weighted by Crippen LogP contribution is 2.11. The van der Waals surface area contributed by atoms with Crippen LogP contribution in [0, 0.1) is 5.82 Å². The summed E-state index contributed by atoms with van der Waals surface area (Å²) < 4.78 is 18.1. The third kappa shape index (κ3) is 4.96. The van der Waals surface area contributed by atoms with E-state index >= 15 is 0 Å². The van der Waals surface area contributed by atoms with E-state index in [4.69, 9.17) is 4.74 Å². The van der Waals surface area contributed by atoms with Crippen molar-refractivity contribution in [3.63, 3.8) is 0 Å². The number of benzene rings is 1. The Morgan fingerprint density at radius 3 is 2.86 bits per heavy atom. The van der Waals surface area contributed by atoms with Gasteiger partial charge in [0, 0.05) is 12.1 Å². The summed E-state index contributed by atoms with van der Waals surface area (Å²) in [6.45, 7) is 1.48. The molecule has 1 heterocycles. The number of ether oxygens (including phenoxy) is 1. The molecule has 0 radical (unpaired) electrons. The molecule has 0 bridgehead atoms. The van der Waals surface area contributed by atoms with E-state index in [1.165, 1.54) is 25.1 Å². The van der Waals surface area contributed by atoms with Gasteiger partial charge >= 0.3 is 5.97 Å². The summed E-state index contributed by atoms with van der Waals surface area (Å²) in [5, 5.41) is 6.41. The molecule has 0 spiro atoms. The van der Waals surface area contributed by atoms with E-state index in [-0.39, 0.29) is 6.42 Å². The molecule has 0 aliphatic rings. The van der Waals surface area contributed by atoms with Gasteiger partial charge in [-0.2, -0.15) is 11.3 Å². The molecule has 4 nitrogen and oxygen atoms in total. The molecule has 0 aliphatic carbocycles. The van der Waals surface area contributed by atoms with Crippen molar-refractivity contribution in [3.8, 4) is 0 Å². The van der Waals surface area contributed by atoms with Gasteiger partial charge in [0.25, 0.3) is 5.91 Å². The number of nitrogens with one attached hydrogen (secondary N) is 1. The number of aryl methyl sites for hydroxylation is 1. The first-order chi connectivity index (χ1) is 10.5. The standard InChI is InChI=1S/C16H16FNO3S/c1-11(16(20)18-14-4-2-3-13(17)9-14)21-15(19)6-5-12-7-8-22-10-12/h2-4,7-11H,5-6H2,1H3,(H,18,20)/t11-/m1/s1. The van der Waals surface area contributed by atoms with Crippen LogP contribution in [0.2, 0.25) is 0 Å². The molecular formula is C16H16FNO3S. The lowest BCUT2D eigenvalue weighted by atomic mass is 10.2. The third-order valence-electron chi connectivity index (χ3n) is 2.97. The van der Waals surface area contributed by atoms with Gasteiger partial charge in [-0.15, -0.1) is 0 Å². The van der Waals surface area contributed by atoms with Crippen molar-refractivity contribution in [1.29, 1.82) is 0 Å². The molecule has 1 amide bonds. The van der Waals surface area contributed by atoms with Crippen LogP contribution in [-0.2, 0) is 20.7 Å². The fraction of sp³-hybridized carbons (Fsp3) is 0.250. The molecule has 1 aromatic carbocycles. The highest BCUT2D eigenvalue weighted by molar-refractivity contribution is 7.07.